The first-order chi connectivity index (χ1) is 13.2. The van der Waals surface area contributed by atoms with Gasteiger partial charge in [0.05, 0.1) is 19.0 Å². The van der Waals surface area contributed by atoms with E-state index < -0.39 is 10.9 Å². The summed E-state index contributed by atoms with van der Waals surface area (Å²) in [4.78, 5) is 24.4. The van der Waals surface area contributed by atoms with E-state index in [1.807, 2.05) is 26.8 Å². The zero-order valence-electron chi connectivity index (χ0n) is 17.3. The molecule has 0 aliphatic heterocycles. The van der Waals surface area contributed by atoms with Gasteiger partial charge in [-0.3, -0.25) is 10.1 Å². The number of carbonyl (C=O) groups excluding carboxylic acids is 1. The predicted molar refractivity (Wildman–Crippen MR) is 106 cm³/mol. The zero-order valence-corrected chi connectivity index (χ0v) is 18.1. The van der Waals surface area contributed by atoms with Crippen LogP contribution in [0.2, 0.25) is 0 Å². The van der Waals surface area contributed by atoms with Gasteiger partial charge >= 0.3 is 5.97 Å². The molecule has 2 aromatic rings. The van der Waals surface area contributed by atoms with Crippen LogP contribution >= 0.6 is 0 Å². The second-order valence-corrected chi connectivity index (χ2v) is 7.28. The normalized spacial score (nSPS) is 10.6. The number of carbonyl (C=O) groups is 1. The number of rotatable bonds is 8. The monoisotopic (exact) mass is 422 g/mol. The number of esters is 1. The smallest absolute Gasteiger partial charge is 0.350 e. The number of hydrogen-bond donors (Lipinski definition) is 1. The number of halogens is 1. The van der Waals surface area contributed by atoms with Crippen LogP contribution < -0.4 is 26.8 Å². The molecule has 2 rings (SSSR count). The first kappa shape index (κ1) is 24.4. The number of likely N-dealkylation sites (N-methyl/N-ethyl adjacent to an activating group) is 1. The van der Waals surface area contributed by atoms with Gasteiger partial charge in [0, 0.05) is 11.6 Å². The molecular weight excluding hydrogens is 396 g/mol. The summed E-state index contributed by atoms with van der Waals surface area (Å²) in [5, 5.41) is 11.2. The predicted octanol–water partition coefficient (Wildman–Crippen LogP) is -0.227. The Labute approximate surface area is 177 Å². The number of aryl methyl sites for hydroxylation is 1. The molecule has 0 fully saturated rings. The number of nitrogens with zero attached hydrogens (tertiary/aromatic N) is 1. The summed E-state index contributed by atoms with van der Waals surface area (Å²) in [6.45, 7) is 7.32. The minimum absolute atomic E-state index is 0. The van der Waals surface area contributed by atoms with Crippen molar-refractivity contribution in [2.45, 2.75) is 26.7 Å². The maximum atomic E-state index is 12.5. The molecule has 0 aliphatic rings. The topological polar surface area (TPSA) is 83.1 Å². The van der Waals surface area contributed by atoms with Crippen molar-refractivity contribution in [3.05, 3.63) is 63.2 Å². The highest BCUT2D eigenvalue weighted by atomic mass is 35.5. The lowest BCUT2D eigenvalue weighted by atomic mass is 9.99. The molecule has 158 valence electrons. The molecule has 0 atom stereocenters. The van der Waals surface area contributed by atoms with Crippen LogP contribution in [-0.2, 0) is 0 Å². The van der Waals surface area contributed by atoms with E-state index in [1.54, 1.807) is 12.1 Å². The van der Waals surface area contributed by atoms with E-state index in [1.165, 1.54) is 23.1 Å². The Bertz CT molecular complexity index is 868. The fourth-order valence-corrected chi connectivity index (χ4v) is 2.69. The molecular formula is C21H27ClN2O5. The van der Waals surface area contributed by atoms with Crippen molar-refractivity contribution >= 4 is 11.7 Å². The van der Waals surface area contributed by atoms with Gasteiger partial charge in [0.2, 0.25) is 0 Å². The van der Waals surface area contributed by atoms with Gasteiger partial charge in [-0.2, -0.15) is 0 Å². The van der Waals surface area contributed by atoms with Gasteiger partial charge < -0.3 is 26.8 Å². The molecule has 0 spiro atoms. The number of nitro benzene ring substituents is 1. The van der Waals surface area contributed by atoms with Crippen molar-refractivity contribution in [3.8, 4) is 11.5 Å². The summed E-state index contributed by atoms with van der Waals surface area (Å²) >= 11 is 0. The van der Waals surface area contributed by atoms with Crippen molar-refractivity contribution in [1.82, 2.24) is 0 Å². The van der Waals surface area contributed by atoms with Gasteiger partial charge in [-0.1, -0.05) is 26.0 Å². The second kappa shape index (κ2) is 10.8. The molecule has 0 saturated carbocycles. The van der Waals surface area contributed by atoms with Crippen LogP contribution in [-0.4, -0.2) is 38.1 Å². The second-order valence-electron chi connectivity index (χ2n) is 7.28. The van der Waals surface area contributed by atoms with E-state index in [-0.39, 0.29) is 29.6 Å². The lowest BCUT2D eigenvalue weighted by molar-refractivity contribution is -0.858. The zero-order chi connectivity index (χ0) is 20.8. The van der Waals surface area contributed by atoms with Crippen molar-refractivity contribution < 1.29 is 36.5 Å². The molecule has 29 heavy (non-hydrogen) atoms. The third-order valence-electron chi connectivity index (χ3n) is 4.31. The first-order valence-corrected chi connectivity index (χ1v) is 9.22. The average Bonchev–Trinajstić information content (AvgIpc) is 2.63. The summed E-state index contributed by atoms with van der Waals surface area (Å²) in [6, 6.07) is 9.39. The number of quaternary nitrogens is 1. The fraction of sp³-hybridized carbons (Fsp3) is 0.381. The molecule has 7 nitrogen and oxygen atoms in total. The first-order valence-electron chi connectivity index (χ1n) is 9.22. The Morgan fingerprint density at radius 2 is 1.83 bits per heavy atom. The number of nitrogens with one attached hydrogen (secondary N) is 1. The van der Waals surface area contributed by atoms with Gasteiger partial charge in [-0.25, -0.2) is 4.79 Å². The molecule has 0 bridgehead atoms. The Morgan fingerprint density at radius 1 is 1.17 bits per heavy atom. The number of hydrogen-bond acceptors (Lipinski definition) is 5. The quantitative estimate of drug-likeness (QED) is 0.275. The number of ether oxygens (including phenoxy) is 2. The van der Waals surface area contributed by atoms with Crippen molar-refractivity contribution in [1.29, 1.82) is 0 Å². The lowest BCUT2D eigenvalue weighted by Crippen LogP contribution is -3.06. The molecule has 2 aromatic carbocycles. The van der Waals surface area contributed by atoms with Crippen LogP contribution in [0, 0.1) is 17.0 Å². The minimum atomic E-state index is -0.755. The van der Waals surface area contributed by atoms with E-state index in [0.717, 1.165) is 23.4 Å². The number of para-hydroxylation sites is 1. The van der Waals surface area contributed by atoms with E-state index in [4.69, 9.17) is 9.47 Å². The van der Waals surface area contributed by atoms with Crippen molar-refractivity contribution in [2.75, 3.05) is 27.2 Å². The van der Waals surface area contributed by atoms with E-state index in [9.17, 15) is 14.9 Å². The molecule has 0 heterocycles. The maximum Gasteiger partial charge on any atom is 0.350 e. The molecule has 1 N–H and O–H groups in total. The van der Waals surface area contributed by atoms with Gasteiger partial charge in [0.15, 0.2) is 0 Å². The average molecular weight is 423 g/mol. The number of benzene rings is 2. The van der Waals surface area contributed by atoms with Crippen molar-refractivity contribution in [2.24, 2.45) is 0 Å². The summed E-state index contributed by atoms with van der Waals surface area (Å²) in [7, 11) is 4.12. The van der Waals surface area contributed by atoms with Crippen LogP contribution in [0.1, 0.15) is 41.3 Å². The Kier molecular flexibility index (Phi) is 9.07. The minimum Gasteiger partial charge on any atom is -1.00 e. The summed E-state index contributed by atoms with van der Waals surface area (Å²) in [5.74, 6) is 0.539. The van der Waals surface area contributed by atoms with Crippen LogP contribution in [0.3, 0.4) is 0 Å². The standard InChI is InChI=1S/C21H26N2O5.ClH/c1-14(2)17-13-19(15(3)12-20(17)27-11-10-22(4)5)28-21(24)16-8-6-7-9-18(16)23(25)26;/h6-9,12-14H,10-11H2,1-5H3;1H. The lowest BCUT2D eigenvalue weighted by Gasteiger charge is -2.18. The Balaban J connectivity index is 0.00000420. The highest BCUT2D eigenvalue weighted by Gasteiger charge is 2.22. The van der Waals surface area contributed by atoms with Crippen LogP contribution in [0.15, 0.2) is 36.4 Å². The van der Waals surface area contributed by atoms with Crippen LogP contribution in [0.5, 0.6) is 11.5 Å². The van der Waals surface area contributed by atoms with E-state index in [0.29, 0.717) is 12.4 Å². The Morgan fingerprint density at radius 3 is 2.41 bits per heavy atom. The molecule has 0 aromatic heterocycles. The molecule has 0 saturated heterocycles. The highest BCUT2D eigenvalue weighted by Crippen LogP contribution is 2.34. The molecule has 0 unspecified atom stereocenters. The van der Waals surface area contributed by atoms with Gasteiger partial charge in [-0.05, 0) is 36.6 Å². The largest absolute Gasteiger partial charge is 1.00 e. The summed E-state index contributed by atoms with van der Waals surface area (Å²) in [5.41, 5.74) is 1.29. The third kappa shape index (κ3) is 6.44. The molecule has 0 radical (unpaired) electrons. The SMILES string of the molecule is Cc1cc(OCC[NH+](C)C)c(C(C)C)cc1OC(=O)c1ccccc1[N+](=O)[O-].[Cl-]. The molecule has 0 amide bonds. The van der Waals surface area contributed by atoms with E-state index in [2.05, 4.69) is 14.1 Å². The third-order valence-corrected chi connectivity index (χ3v) is 4.31. The van der Waals surface area contributed by atoms with Gasteiger partial charge in [0.25, 0.3) is 5.69 Å². The Hall–Kier alpha value is -2.64. The molecule has 8 heteroatoms. The van der Waals surface area contributed by atoms with E-state index >= 15 is 0 Å². The van der Waals surface area contributed by atoms with Crippen LogP contribution in [0.25, 0.3) is 0 Å². The highest BCUT2D eigenvalue weighted by molar-refractivity contribution is 5.95. The van der Waals surface area contributed by atoms with Crippen LogP contribution in [0.4, 0.5) is 5.69 Å². The molecule has 0 aliphatic carbocycles. The van der Waals surface area contributed by atoms with Gasteiger partial charge in [0.1, 0.15) is 30.2 Å². The van der Waals surface area contributed by atoms with Gasteiger partial charge in [-0.15, -0.1) is 0 Å². The summed E-state index contributed by atoms with van der Waals surface area (Å²) < 4.78 is 11.4. The fourth-order valence-electron chi connectivity index (χ4n) is 2.69. The number of nitro groups is 1. The van der Waals surface area contributed by atoms with Crippen molar-refractivity contribution in [3.63, 3.8) is 0 Å². The maximum absolute atomic E-state index is 12.5. The summed E-state index contributed by atoms with van der Waals surface area (Å²) in [6.07, 6.45) is 0.